The Morgan fingerprint density at radius 1 is 0.760 bits per heavy atom. The van der Waals surface area contributed by atoms with E-state index in [1.54, 1.807) is 6.20 Å². The van der Waals surface area contributed by atoms with Crippen LogP contribution in [0.4, 0.5) is 0 Å². The first-order valence-electron chi connectivity index (χ1n) is 8.23. The van der Waals surface area contributed by atoms with E-state index in [9.17, 15) is 0 Å². The summed E-state index contributed by atoms with van der Waals surface area (Å²) in [4.78, 5) is 0. The van der Waals surface area contributed by atoms with E-state index in [0.29, 0.717) is 0 Å². The molecule has 0 fully saturated rings. The number of halogens is 1. The monoisotopic (exact) mass is 388 g/mol. The SMILES string of the molecule is Brc1ccccc1Cc1ccccc1-c1ccc(-n2cccn2)cc1. The van der Waals surface area contributed by atoms with Gasteiger partial charge >= 0.3 is 0 Å². The zero-order valence-electron chi connectivity index (χ0n) is 13.6. The Kier molecular flexibility index (Phi) is 4.49. The molecule has 122 valence electrons. The largest absolute Gasteiger partial charge is 0.241 e. The van der Waals surface area contributed by atoms with Crippen LogP contribution < -0.4 is 0 Å². The maximum absolute atomic E-state index is 4.28. The normalized spacial score (nSPS) is 10.8. The summed E-state index contributed by atoms with van der Waals surface area (Å²) in [6.45, 7) is 0. The van der Waals surface area contributed by atoms with Crippen molar-refractivity contribution in [1.29, 1.82) is 0 Å². The molecule has 2 nitrogen and oxygen atoms in total. The van der Waals surface area contributed by atoms with E-state index >= 15 is 0 Å². The van der Waals surface area contributed by atoms with Crippen LogP contribution in [0.2, 0.25) is 0 Å². The van der Waals surface area contributed by atoms with Gasteiger partial charge < -0.3 is 0 Å². The van der Waals surface area contributed by atoms with Crippen LogP contribution in [0.25, 0.3) is 16.8 Å². The molecule has 0 radical (unpaired) electrons. The molecular weight excluding hydrogens is 372 g/mol. The fourth-order valence-corrected chi connectivity index (χ4v) is 3.44. The maximum Gasteiger partial charge on any atom is 0.0645 e. The van der Waals surface area contributed by atoms with Gasteiger partial charge in [-0.1, -0.05) is 70.5 Å². The molecule has 1 heterocycles. The number of nitrogens with zero attached hydrogens (tertiary/aromatic N) is 2. The zero-order chi connectivity index (χ0) is 17.1. The second-order valence-corrected chi connectivity index (χ2v) is 6.78. The Labute approximate surface area is 155 Å². The van der Waals surface area contributed by atoms with Crippen molar-refractivity contribution in [2.45, 2.75) is 6.42 Å². The summed E-state index contributed by atoms with van der Waals surface area (Å²) in [7, 11) is 0. The third-order valence-electron chi connectivity index (χ3n) is 4.30. The van der Waals surface area contributed by atoms with Crippen LogP contribution in [0, 0.1) is 0 Å². The first-order valence-corrected chi connectivity index (χ1v) is 9.02. The fourth-order valence-electron chi connectivity index (χ4n) is 3.02. The third kappa shape index (κ3) is 3.42. The van der Waals surface area contributed by atoms with Crippen LogP contribution in [0.5, 0.6) is 0 Å². The van der Waals surface area contributed by atoms with E-state index in [1.165, 1.54) is 22.3 Å². The number of hydrogen-bond acceptors (Lipinski definition) is 1. The third-order valence-corrected chi connectivity index (χ3v) is 5.08. The van der Waals surface area contributed by atoms with Gasteiger partial charge in [-0.2, -0.15) is 5.10 Å². The second-order valence-electron chi connectivity index (χ2n) is 5.92. The van der Waals surface area contributed by atoms with Gasteiger partial charge in [0, 0.05) is 16.9 Å². The highest BCUT2D eigenvalue weighted by atomic mass is 79.9. The maximum atomic E-state index is 4.28. The molecule has 25 heavy (non-hydrogen) atoms. The second kappa shape index (κ2) is 7.08. The number of rotatable bonds is 4. The lowest BCUT2D eigenvalue weighted by molar-refractivity contribution is 0.881. The van der Waals surface area contributed by atoms with Crippen LogP contribution in [-0.4, -0.2) is 9.78 Å². The lowest BCUT2D eigenvalue weighted by atomic mass is 9.95. The summed E-state index contributed by atoms with van der Waals surface area (Å²) in [6.07, 6.45) is 4.65. The Hall–Kier alpha value is -2.65. The van der Waals surface area contributed by atoms with E-state index < -0.39 is 0 Å². The summed E-state index contributed by atoms with van der Waals surface area (Å²) >= 11 is 3.66. The molecule has 0 saturated heterocycles. The van der Waals surface area contributed by atoms with Crippen molar-refractivity contribution < 1.29 is 0 Å². The highest BCUT2D eigenvalue weighted by Gasteiger charge is 2.08. The Balaban J connectivity index is 1.68. The molecule has 4 rings (SSSR count). The zero-order valence-corrected chi connectivity index (χ0v) is 15.2. The van der Waals surface area contributed by atoms with Crippen molar-refractivity contribution >= 4 is 15.9 Å². The van der Waals surface area contributed by atoms with E-state index in [2.05, 4.69) is 87.8 Å². The van der Waals surface area contributed by atoms with Crippen LogP contribution in [0.3, 0.4) is 0 Å². The minimum atomic E-state index is 0.901. The standard InChI is InChI=1S/C22H17BrN2/c23-22-9-4-2-7-19(22)16-18-6-1-3-8-21(18)17-10-12-20(13-11-17)25-15-5-14-24-25/h1-15H,16H2. The molecule has 0 unspecified atom stereocenters. The van der Waals surface area contributed by atoms with E-state index in [1.807, 2.05) is 23.0 Å². The molecule has 0 spiro atoms. The predicted octanol–water partition coefficient (Wildman–Crippen LogP) is 5.89. The van der Waals surface area contributed by atoms with E-state index in [0.717, 1.165) is 16.6 Å². The molecule has 0 atom stereocenters. The van der Waals surface area contributed by atoms with Crippen LogP contribution >= 0.6 is 15.9 Å². The molecule has 3 aromatic carbocycles. The molecule has 0 aliphatic carbocycles. The fraction of sp³-hybridized carbons (Fsp3) is 0.0455. The molecule has 0 aliphatic heterocycles. The van der Waals surface area contributed by atoms with Crippen molar-refractivity contribution in [2.24, 2.45) is 0 Å². The number of aromatic nitrogens is 2. The molecule has 0 N–H and O–H groups in total. The summed E-state index contributed by atoms with van der Waals surface area (Å²) < 4.78 is 3.02. The van der Waals surface area contributed by atoms with Crippen molar-refractivity contribution in [2.75, 3.05) is 0 Å². The lowest BCUT2D eigenvalue weighted by Crippen LogP contribution is -1.95. The molecule has 0 amide bonds. The summed E-state index contributed by atoms with van der Waals surface area (Å²) in [6, 6.07) is 27.5. The molecule has 3 heteroatoms. The summed E-state index contributed by atoms with van der Waals surface area (Å²) in [5.74, 6) is 0. The highest BCUT2D eigenvalue weighted by molar-refractivity contribution is 9.10. The average Bonchev–Trinajstić information content (AvgIpc) is 3.19. The molecular formula is C22H17BrN2. The summed E-state index contributed by atoms with van der Waals surface area (Å²) in [5, 5.41) is 4.28. The van der Waals surface area contributed by atoms with E-state index in [-0.39, 0.29) is 0 Å². The Morgan fingerprint density at radius 2 is 1.48 bits per heavy atom. The molecule has 4 aromatic rings. The van der Waals surface area contributed by atoms with Gasteiger partial charge in [0.15, 0.2) is 0 Å². The van der Waals surface area contributed by atoms with Crippen molar-refractivity contribution in [3.05, 3.63) is 107 Å². The van der Waals surface area contributed by atoms with Gasteiger partial charge in [0.1, 0.15) is 0 Å². The Bertz CT molecular complexity index is 973. The van der Waals surface area contributed by atoms with Gasteiger partial charge in [0.05, 0.1) is 5.69 Å². The molecule has 0 bridgehead atoms. The van der Waals surface area contributed by atoms with Gasteiger partial charge in [0.25, 0.3) is 0 Å². The Morgan fingerprint density at radius 3 is 2.20 bits per heavy atom. The number of hydrogen-bond donors (Lipinski definition) is 0. The van der Waals surface area contributed by atoms with Crippen molar-refractivity contribution in [1.82, 2.24) is 9.78 Å². The van der Waals surface area contributed by atoms with Crippen molar-refractivity contribution in [3.63, 3.8) is 0 Å². The molecule has 1 aromatic heterocycles. The first kappa shape index (κ1) is 15.9. The predicted molar refractivity (Wildman–Crippen MR) is 106 cm³/mol. The van der Waals surface area contributed by atoms with Crippen LogP contribution in [0.1, 0.15) is 11.1 Å². The summed E-state index contributed by atoms with van der Waals surface area (Å²) in [5.41, 5.74) is 6.17. The van der Waals surface area contributed by atoms with Crippen LogP contribution in [0.15, 0.2) is 95.7 Å². The van der Waals surface area contributed by atoms with Crippen LogP contribution in [-0.2, 0) is 6.42 Å². The smallest absolute Gasteiger partial charge is 0.0645 e. The van der Waals surface area contributed by atoms with Gasteiger partial charge in [-0.15, -0.1) is 0 Å². The molecule has 0 saturated carbocycles. The topological polar surface area (TPSA) is 17.8 Å². The van der Waals surface area contributed by atoms with E-state index in [4.69, 9.17) is 0 Å². The van der Waals surface area contributed by atoms with Gasteiger partial charge in [0.2, 0.25) is 0 Å². The first-order chi connectivity index (χ1) is 12.3. The quantitative estimate of drug-likeness (QED) is 0.425. The lowest BCUT2D eigenvalue weighted by Gasteiger charge is -2.12. The van der Waals surface area contributed by atoms with Crippen molar-refractivity contribution in [3.8, 4) is 16.8 Å². The minimum Gasteiger partial charge on any atom is -0.241 e. The molecule has 0 aliphatic rings. The highest BCUT2D eigenvalue weighted by Crippen LogP contribution is 2.28. The van der Waals surface area contributed by atoms with Gasteiger partial charge in [-0.25, -0.2) is 4.68 Å². The number of benzene rings is 3. The van der Waals surface area contributed by atoms with Gasteiger partial charge in [-0.3, -0.25) is 0 Å². The average molecular weight is 389 g/mol. The van der Waals surface area contributed by atoms with Gasteiger partial charge in [-0.05, 0) is 52.9 Å². The minimum absolute atomic E-state index is 0.901.